The van der Waals surface area contributed by atoms with Gasteiger partial charge in [-0.25, -0.2) is 0 Å². The van der Waals surface area contributed by atoms with Crippen molar-refractivity contribution < 1.29 is 4.74 Å². The standard InChI is InChI=1S/C18H26N2O/c1-12(2)11-21-17-9-16(18(17,4)5)20-15-8-6-7-13(3)14(15)10-19/h6-8,12,16-17,20H,9,11H2,1-5H3. The highest BCUT2D eigenvalue weighted by atomic mass is 16.5. The lowest BCUT2D eigenvalue weighted by molar-refractivity contribution is -0.108. The van der Waals surface area contributed by atoms with Crippen molar-refractivity contribution in [3.63, 3.8) is 0 Å². The van der Waals surface area contributed by atoms with Gasteiger partial charge in [0, 0.05) is 18.1 Å². The maximum atomic E-state index is 9.32. The smallest absolute Gasteiger partial charge is 0.102 e. The van der Waals surface area contributed by atoms with E-state index in [1.807, 2.05) is 25.1 Å². The molecule has 0 aliphatic heterocycles. The van der Waals surface area contributed by atoms with E-state index in [0.717, 1.165) is 29.8 Å². The summed E-state index contributed by atoms with van der Waals surface area (Å²) in [7, 11) is 0. The molecule has 0 spiro atoms. The number of rotatable bonds is 5. The van der Waals surface area contributed by atoms with Gasteiger partial charge < -0.3 is 10.1 Å². The number of hydrogen-bond acceptors (Lipinski definition) is 3. The second kappa shape index (κ2) is 6.07. The molecule has 0 saturated heterocycles. The van der Waals surface area contributed by atoms with Crippen LogP contribution < -0.4 is 5.32 Å². The van der Waals surface area contributed by atoms with Gasteiger partial charge in [-0.05, 0) is 30.9 Å². The molecule has 0 heterocycles. The van der Waals surface area contributed by atoms with E-state index in [-0.39, 0.29) is 5.41 Å². The summed E-state index contributed by atoms with van der Waals surface area (Å²) >= 11 is 0. The lowest BCUT2D eigenvalue weighted by Crippen LogP contribution is -2.58. The molecule has 1 saturated carbocycles. The minimum Gasteiger partial charge on any atom is -0.380 e. The van der Waals surface area contributed by atoms with Crippen LogP contribution in [-0.2, 0) is 4.74 Å². The zero-order valence-electron chi connectivity index (χ0n) is 13.7. The molecule has 1 N–H and O–H groups in total. The SMILES string of the molecule is Cc1cccc(NC2CC(OCC(C)C)C2(C)C)c1C#N. The van der Waals surface area contributed by atoms with Crippen molar-refractivity contribution in [1.29, 1.82) is 5.26 Å². The third-order valence-electron chi connectivity index (χ3n) is 4.52. The summed E-state index contributed by atoms with van der Waals surface area (Å²) in [4.78, 5) is 0. The van der Waals surface area contributed by atoms with E-state index in [1.165, 1.54) is 0 Å². The van der Waals surface area contributed by atoms with Gasteiger partial charge >= 0.3 is 0 Å². The fraction of sp³-hybridized carbons (Fsp3) is 0.611. The molecular weight excluding hydrogens is 260 g/mol. The number of aryl methyl sites for hydroxylation is 1. The summed E-state index contributed by atoms with van der Waals surface area (Å²) < 4.78 is 6.00. The molecule has 0 aromatic heterocycles. The molecule has 21 heavy (non-hydrogen) atoms. The number of benzene rings is 1. The largest absolute Gasteiger partial charge is 0.380 e. The number of nitrogens with one attached hydrogen (secondary N) is 1. The van der Waals surface area contributed by atoms with Crippen LogP contribution in [0.2, 0.25) is 0 Å². The average molecular weight is 286 g/mol. The maximum absolute atomic E-state index is 9.32. The zero-order valence-corrected chi connectivity index (χ0v) is 13.7. The van der Waals surface area contributed by atoms with E-state index in [4.69, 9.17) is 4.74 Å². The van der Waals surface area contributed by atoms with Crippen LogP contribution >= 0.6 is 0 Å². The third kappa shape index (κ3) is 3.22. The van der Waals surface area contributed by atoms with Crippen molar-refractivity contribution >= 4 is 5.69 Å². The van der Waals surface area contributed by atoms with Crippen LogP contribution in [-0.4, -0.2) is 18.8 Å². The van der Waals surface area contributed by atoms with E-state index < -0.39 is 0 Å². The molecule has 1 aliphatic rings. The Morgan fingerprint density at radius 2 is 2.14 bits per heavy atom. The second-order valence-electron chi connectivity index (χ2n) is 7.08. The predicted octanol–water partition coefficient (Wildman–Crippen LogP) is 4.12. The topological polar surface area (TPSA) is 45.0 Å². The van der Waals surface area contributed by atoms with Crippen molar-refractivity contribution in [2.24, 2.45) is 11.3 Å². The van der Waals surface area contributed by atoms with E-state index in [0.29, 0.717) is 18.1 Å². The Morgan fingerprint density at radius 3 is 2.71 bits per heavy atom. The van der Waals surface area contributed by atoms with Crippen LogP contribution in [0.3, 0.4) is 0 Å². The van der Waals surface area contributed by atoms with Gasteiger partial charge in [-0.15, -0.1) is 0 Å². The maximum Gasteiger partial charge on any atom is 0.102 e. The van der Waals surface area contributed by atoms with Crippen molar-refractivity contribution in [3.05, 3.63) is 29.3 Å². The Kier molecular flexibility index (Phi) is 4.58. The highest BCUT2D eigenvalue weighted by Gasteiger charge is 2.49. The number of hydrogen-bond donors (Lipinski definition) is 1. The summed E-state index contributed by atoms with van der Waals surface area (Å²) in [5.41, 5.74) is 2.80. The van der Waals surface area contributed by atoms with Crippen LogP contribution in [0, 0.1) is 29.6 Å². The minimum atomic E-state index is 0.0887. The Bertz CT molecular complexity index is 543. The molecular formula is C18H26N2O. The number of nitrogens with zero attached hydrogens (tertiary/aromatic N) is 1. The van der Waals surface area contributed by atoms with E-state index in [1.54, 1.807) is 0 Å². The van der Waals surface area contributed by atoms with E-state index in [2.05, 4.69) is 39.1 Å². The molecule has 0 bridgehead atoms. The summed E-state index contributed by atoms with van der Waals surface area (Å²) in [5, 5.41) is 12.9. The molecule has 2 rings (SSSR count). The Labute approximate surface area is 128 Å². The van der Waals surface area contributed by atoms with Gasteiger partial charge in [0.2, 0.25) is 0 Å². The highest BCUT2D eigenvalue weighted by molar-refractivity contribution is 5.61. The summed E-state index contributed by atoms with van der Waals surface area (Å²) in [5.74, 6) is 0.565. The second-order valence-corrected chi connectivity index (χ2v) is 7.08. The lowest BCUT2D eigenvalue weighted by Gasteiger charge is -2.52. The molecule has 1 aliphatic carbocycles. The monoisotopic (exact) mass is 286 g/mol. The molecule has 114 valence electrons. The number of anilines is 1. The van der Waals surface area contributed by atoms with Crippen LogP contribution in [0.4, 0.5) is 5.69 Å². The van der Waals surface area contributed by atoms with Gasteiger partial charge in [0.05, 0.1) is 17.4 Å². The van der Waals surface area contributed by atoms with Gasteiger partial charge in [-0.3, -0.25) is 0 Å². The predicted molar refractivity (Wildman–Crippen MR) is 86.3 cm³/mol. The fourth-order valence-corrected chi connectivity index (χ4v) is 2.85. The van der Waals surface area contributed by atoms with Gasteiger partial charge in [0.1, 0.15) is 6.07 Å². The molecule has 3 nitrogen and oxygen atoms in total. The highest BCUT2D eigenvalue weighted by Crippen LogP contribution is 2.44. The molecule has 2 unspecified atom stereocenters. The number of ether oxygens (including phenoxy) is 1. The van der Waals surface area contributed by atoms with Crippen LogP contribution in [0.15, 0.2) is 18.2 Å². The molecule has 1 fully saturated rings. The van der Waals surface area contributed by atoms with Gasteiger partial charge in [-0.2, -0.15) is 5.26 Å². The lowest BCUT2D eigenvalue weighted by atomic mass is 9.64. The first-order chi connectivity index (χ1) is 9.86. The van der Waals surface area contributed by atoms with E-state index >= 15 is 0 Å². The zero-order chi connectivity index (χ0) is 15.6. The Balaban J connectivity index is 2.03. The van der Waals surface area contributed by atoms with Crippen molar-refractivity contribution in [2.75, 3.05) is 11.9 Å². The molecule has 1 aromatic rings. The molecule has 0 amide bonds. The van der Waals surface area contributed by atoms with Crippen molar-refractivity contribution in [2.45, 2.75) is 53.2 Å². The average Bonchev–Trinajstić information content (AvgIpc) is 2.41. The van der Waals surface area contributed by atoms with Crippen LogP contribution in [0.1, 0.15) is 45.2 Å². The summed E-state index contributed by atoms with van der Waals surface area (Å²) in [6.07, 6.45) is 1.30. The molecule has 0 radical (unpaired) electrons. The molecule has 2 atom stereocenters. The molecule has 3 heteroatoms. The summed E-state index contributed by atoms with van der Waals surface area (Å²) in [6, 6.07) is 8.62. The Morgan fingerprint density at radius 1 is 1.43 bits per heavy atom. The van der Waals surface area contributed by atoms with Crippen LogP contribution in [0.25, 0.3) is 0 Å². The Hall–Kier alpha value is -1.53. The molecule has 1 aromatic carbocycles. The van der Waals surface area contributed by atoms with Gasteiger partial charge in [0.25, 0.3) is 0 Å². The third-order valence-corrected chi connectivity index (χ3v) is 4.52. The van der Waals surface area contributed by atoms with Crippen molar-refractivity contribution in [1.82, 2.24) is 0 Å². The van der Waals surface area contributed by atoms with Crippen LogP contribution in [0.5, 0.6) is 0 Å². The van der Waals surface area contributed by atoms with Gasteiger partial charge in [0.15, 0.2) is 0 Å². The minimum absolute atomic E-state index is 0.0887. The first-order valence-corrected chi connectivity index (χ1v) is 7.74. The van der Waals surface area contributed by atoms with E-state index in [9.17, 15) is 5.26 Å². The fourth-order valence-electron chi connectivity index (χ4n) is 2.85. The normalized spacial score (nSPS) is 23.5. The summed E-state index contributed by atoms with van der Waals surface area (Å²) in [6.45, 7) is 11.6. The number of nitriles is 1. The van der Waals surface area contributed by atoms with Gasteiger partial charge in [-0.1, -0.05) is 39.8 Å². The van der Waals surface area contributed by atoms with Crippen molar-refractivity contribution in [3.8, 4) is 6.07 Å². The quantitative estimate of drug-likeness (QED) is 0.885. The first-order valence-electron chi connectivity index (χ1n) is 7.74. The first kappa shape index (κ1) is 15.9.